The fourth-order valence-corrected chi connectivity index (χ4v) is 3.80. The third-order valence-electron chi connectivity index (χ3n) is 4.96. The van der Waals surface area contributed by atoms with Crippen molar-refractivity contribution in [2.24, 2.45) is 5.92 Å². The molecule has 0 saturated carbocycles. The van der Waals surface area contributed by atoms with Crippen LogP contribution in [0.5, 0.6) is 0 Å². The van der Waals surface area contributed by atoms with Crippen LogP contribution in [0.15, 0.2) is 24.3 Å². The summed E-state index contributed by atoms with van der Waals surface area (Å²) in [7, 11) is 2.25. The van der Waals surface area contributed by atoms with Crippen molar-refractivity contribution in [2.45, 2.75) is 44.7 Å². The zero-order chi connectivity index (χ0) is 13.2. The Balaban J connectivity index is 1.63. The summed E-state index contributed by atoms with van der Waals surface area (Å²) < 4.78 is 0. The van der Waals surface area contributed by atoms with E-state index in [0.717, 1.165) is 5.92 Å². The third-order valence-corrected chi connectivity index (χ3v) is 4.96. The molecule has 3 rings (SSSR count). The summed E-state index contributed by atoms with van der Waals surface area (Å²) >= 11 is 0. The molecule has 19 heavy (non-hydrogen) atoms. The molecule has 0 aromatic heterocycles. The van der Waals surface area contributed by atoms with Crippen molar-refractivity contribution >= 4 is 0 Å². The van der Waals surface area contributed by atoms with Gasteiger partial charge in [0.15, 0.2) is 0 Å². The molecule has 2 nitrogen and oxygen atoms in total. The number of rotatable bonds is 3. The van der Waals surface area contributed by atoms with Crippen LogP contribution in [0.4, 0.5) is 0 Å². The maximum Gasteiger partial charge on any atom is 0.0328 e. The lowest BCUT2D eigenvalue weighted by atomic mass is 9.91. The quantitative estimate of drug-likeness (QED) is 0.896. The standard InChI is InChI=1S/C17H26N2/c1-13(15-7-5-11-19(2)12-15)18-17-10-9-14-6-3-4-8-16(14)17/h3-4,6,8,13,15,17-18H,5,7,9-12H2,1-2H3. The highest BCUT2D eigenvalue weighted by Gasteiger charge is 2.27. The molecular formula is C17H26N2. The van der Waals surface area contributed by atoms with E-state index >= 15 is 0 Å². The Kier molecular flexibility index (Phi) is 3.90. The number of aryl methyl sites for hydroxylation is 1. The molecule has 1 aliphatic carbocycles. The Hall–Kier alpha value is -0.860. The van der Waals surface area contributed by atoms with Crippen LogP contribution in [0.1, 0.15) is 43.4 Å². The summed E-state index contributed by atoms with van der Waals surface area (Å²) in [5.74, 6) is 0.812. The predicted octanol–water partition coefficient (Wildman–Crippen LogP) is 2.99. The van der Waals surface area contributed by atoms with E-state index in [9.17, 15) is 0 Å². The molecule has 1 heterocycles. The molecule has 0 amide bonds. The number of benzene rings is 1. The molecule has 3 unspecified atom stereocenters. The molecular weight excluding hydrogens is 232 g/mol. The second-order valence-corrected chi connectivity index (χ2v) is 6.41. The van der Waals surface area contributed by atoms with Crippen LogP contribution in [0.25, 0.3) is 0 Å². The number of nitrogens with one attached hydrogen (secondary N) is 1. The summed E-state index contributed by atoms with van der Waals surface area (Å²) in [6, 6.07) is 10.1. The van der Waals surface area contributed by atoms with E-state index < -0.39 is 0 Å². The van der Waals surface area contributed by atoms with Crippen molar-refractivity contribution in [3.05, 3.63) is 35.4 Å². The van der Waals surface area contributed by atoms with E-state index in [1.54, 1.807) is 11.1 Å². The minimum atomic E-state index is 0.582. The molecule has 1 N–H and O–H groups in total. The molecule has 0 bridgehead atoms. The normalized spacial score (nSPS) is 29.2. The maximum absolute atomic E-state index is 3.90. The van der Waals surface area contributed by atoms with Crippen LogP contribution in [0.2, 0.25) is 0 Å². The number of hydrogen-bond acceptors (Lipinski definition) is 2. The first-order valence-corrected chi connectivity index (χ1v) is 7.76. The molecule has 1 aromatic carbocycles. The van der Waals surface area contributed by atoms with Gasteiger partial charge in [-0.1, -0.05) is 24.3 Å². The summed E-state index contributed by atoms with van der Waals surface area (Å²) in [4.78, 5) is 2.48. The molecule has 1 aliphatic heterocycles. The lowest BCUT2D eigenvalue weighted by molar-refractivity contribution is 0.173. The summed E-state index contributed by atoms with van der Waals surface area (Å²) in [5, 5.41) is 3.90. The van der Waals surface area contributed by atoms with E-state index in [0.29, 0.717) is 12.1 Å². The first-order valence-electron chi connectivity index (χ1n) is 7.76. The number of nitrogens with zero attached hydrogens (tertiary/aromatic N) is 1. The topological polar surface area (TPSA) is 15.3 Å². The summed E-state index contributed by atoms with van der Waals surface area (Å²) in [5.41, 5.74) is 3.09. The van der Waals surface area contributed by atoms with Crippen molar-refractivity contribution in [1.82, 2.24) is 10.2 Å². The van der Waals surface area contributed by atoms with Crippen LogP contribution in [-0.2, 0) is 6.42 Å². The Morgan fingerprint density at radius 3 is 2.95 bits per heavy atom. The van der Waals surface area contributed by atoms with Gasteiger partial charge in [0.1, 0.15) is 0 Å². The molecule has 1 saturated heterocycles. The van der Waals surface area contributed by atoms with E-state index in [2.05, 4.69) is 48.5 Å². The maximum atomic E-state index is 3.90. The van der Waals surface area contributed by atoms with Crippen LogP contribution >= 0.6 is 0 Å². The van der Waals surface area contributed by atoms with Crippen molar-refractivity contribution in [3.63, 3.8) is 0 Å². The van der Waals surface area contributed by atoms with Gasteiger partial charge in [-0.05, 0) is 63.2 Å². The van der Waals surface area contributed by atoms with Gasteiger partial charge in [-0.3, -0.25) is 0 Å². The van der Waals surface area contributed by atoms with Gasteiger partial charge in [-0.15, -0.1) is 0 Å². The largest absolute Gasteiger partial charge is 0.307 e. The number of piperidine rings is 1. The smallest absolute Gasteiger partial charge is 0.0328 e. The Bertz CT molecular complexity index is 429. The Morgan fingerprint density at radius 2 is 2.11 bits per heavy atom. The minimum Gasteiger partial charge on any atom is -0.307 e. The summed E-state index contributed by atoms with van der Waals surface area (Å²) in [6.45, 7) is 4.91. The average Bonchev–Trinajstić information content (AvgIpc) is 2.82. The molecule has 0 spiro atoms. The van der Waals surface area contributed by atoms with Crippen LogP contribution in [0.3, 0.4) is 0 Å². The minimum absolute atomic E-state index is 0.582. The first kappa shape index (κ1) is 13.1. The van der Waals surface area contributed by atoms with Gasteiger partial charge in [0.25, 0.3) is 0 Å². The molecule has 104 valence electrons. The molecule has 1 aromatic rings. The molecule has 0 radical (unpaired) electrons. The highest BCUT2D eigenvalue weighted by molar-refractivity contribution is 5.34. The van der Waals surface area contributed by atoms with Crippen molar-refractivity contribution < 1.29 is 0 Å². The molecule has 2 heteroatoms. The number of likely N-dealkylation sites (tertiary alicyclic amines) is 1. The SMILES string of the molecule is CC(NC1CCc2ccccc21)C1CCCN(C)C1. The molecule has 2 aliphatic rings. The van der Waals surface area contributed by atoms with Crippen molar-refractivity contribution in [1.29, 1.82) is 0 Å². The van der Waals surface area contributed by atoms with Crippen LogP contribution < -0.4 is 5.32 Å². The number of hydrogen-bond donors (Lipinski definition) is 1. The van der Waals surface area contributed by atoms with Gasteiger partial charge in [0, 0.05) is 18.6 Å². The van der Waals surface area contributed by atoms with E-state index in [-0.39, 0.29) is 0 Å². The molecule has 1 fully saturated rings. The second kappa shape index (κ2) is 5.64. The fourth-order valence-electron chi connectivity index (χ4n) is 3.80. The summed E-state index contributed by atoms with van der Waals surface area (Å²) in [6.07, 6.45) is 5.25. The third kappa shape index (κ3) is 2.85. The van der Waals surface area contributed by atoms with E-state index in [1.165, 1.54) is 38.8 Å². The zero-order valence-electron chi connectivity index (χ0n) is 12.2. The Labute approximate surface area is 117 Å². The van der Waals surface area contributed by atoms with Crippen LogP contribution in [0, 0.1) is 5.92 Å². The van der Waals surface area contributed by atoms with Gasteiger partial charge < -0.3 is 10.2 Å². The van der Waals surface area contributed by atoms with Crippen molar-refractivity contribution in [2.75, 3.05) is 20.1 Å². The average molecular weight is 258 g/mol. The highest BCUT2D eigenvalue weighted by atomic mass is 15.1. The van der Waals surface area contributed by atoms with Gasteiger partial charge in [-0.2, -0.15) is 0 Å². The second-order valence-electron chi connectivity index (χ2n) is 6.41. The van der Waals surface area contributed by atoms with Gasteiger partial charge >= 0.3 is 0 Å². The fraction of sp³-hybridized carbons (Fsp3) is 0.647. The number of fused-ring (bicyclic) bond motifs is 1. The van der Waals surface area contributed by atoms with Crippen molar-refractivity contribution in [3.8, 4) is 0 Å². The Morgan fingerprint density at radius 1 is 1.26 bits per heavy atom. The zero-order valence-corrected chi connectivity index (χ0v) is 12.2. The molecule has 3 atom stereocenters. The predicted molar refractivity (Wildman–Crippen MR) is 80.3 cm³/mol. The first-order chi connectivity index (χ1) is 9.24. The lowest BCUT2D eigenvalue weighted by Crippen LogP contribution is -2.43. The van der Waals surface area contributed by atoms with E-state index in [4.69, 9.17) is 0 Å². The highest BCUT2D eigenvalue weighted by Crippen LogP contribution is 2.32. The van der Waals surface area contributed by atoms with E-state index in [1.807, 2.05) is 0 Å². The lowest BCUT2D eigenvalue weighted by Gasteiger charge is -2.35. The van der Waals surface area contributed by atoms with Gasteiger partial charge in [0.2, 0.25) is 0 Å². The van der Waals surface area contributed by atoms with Gasteiger partial charge in [0.05, 0.1) is 0 Å². The van der Waals surface area contributed by atoms with Crippen LogP contribution in [-0.4, -0.2) is 31.1 Å². The monoisotopic (exact) mass is 258 g/mol. The van der Waals surface area contributed by atoms with Gasteiger partial charge in [-0.25, -0.2) is 0 Å².